The first-order chi connectivity index (χ1) is 10.0. The molecule has 114 valence electrons. The van der Waals surface area contributed by atoms with E-state index in [1.54, 1.807) is 12.1 Å². The number of ether oxygens (including phenoxy) is 1. The Balaban J connectivity index is 2.41. The number of rotatable bonds is 8. The van der Waals surface area contributed by atoms with Gasteiger partial charge in [0.25, 0.3) is 0 Å². The molecule has 0 fully saturated rings. The highest BCUT2D eigenvalue weighted by Crippen LogP contribution is 2.04. The molecule has 0 radical (unpaired) electrons. The minimum absolute atomic E-state index is 0.0148. The Morgan fingerprint density at radius 3 is 2.48 bits per heavy atom. The van der Waals surface area contributed by atoms with Crippen molar-refractivity contribution >= 4 is 23.5 Å². The summed E-state index contributed by atoms with van der Waals surface area (Å²) in [4.78, 5) is 33.7. The molecule has 0 spiro atoms. The van der Waals surface area contributed by atoms with Crippen molar-refractivity contribution < 1.29 is 24.2 Å². The number of para-hydroxylation sites is 1. The minimum atomic E-state index is -1.19. The maximum Gasteiger partial charge on any atom is 0.326 e. The van der Waals surface area contributed by atoms with Gasteiger partial charge >= 0.3 is 11.9 Å². The van der Waals surface area contributed by atoms with Gasteiger partial charge in [-0.25, -0.2) is 4.79 Å². The largest absolute Gasteiger partial charge is 0.480 e. The van der Waals surface area contributed by atoms with E-state index in [-0.39, 0.29) is 19.4 Å². The minimum Gasteiger partial charge on any atom is -0.480 e. The van der Waals surface area contributed by atoms with Crippen LogP contribution < -0.4 is 10.6 Å². The lowest BCUT2D eigenvalue weighted by molar-refractivity contribution is -0.143. The van der Waals surface area contributed by atoms with Crippen molar-refractivity contribution in [3.8, 4) is 0 Å². The van der Waals surface area contributed by atoms with E-state index < -0.39 is 23.9 Å². The number of nitrogens with one attached hydrogen (secondary N) is 2. The molecule has 21 heavy (non-hydrogen) atoms. The quantitative estimate of drug-likeness (QED) is 0.607. The molecule has 0 aliphatic heterocycles. The van der Waals surface area contributed by atoms with Crippen molar-refractivity contribution in [2.75, 3.05) is 19.0 Å². The predicted octanol–water partition coefficient (Wildman–Crippen LogP) is 0.621. The van der Waals surface area contributed by atoms with Gasteiger partial charge in [0, 0.05) is 12.1 Å². The summed E-state index contributed by atoms with van der Waals surface area (Å²) >= 11 is 0. The lowest BCUT2D eigenvalue weighted by atomic mass is 10.1. The van der Waals surface area contributed by atoms with Gasteiger partial charge in [-0.2, -0.15) is 0 Å². The smallest absolute Gasteiger partial charge is 0.326 e. The Kier molecular flexibility index (Phi) is 6.73. The third-order valence-electron chi connectivity index (χ3n) is 2.72. The van der Waals surface area contributed by atoms with E-state index in [9.17, 15) is 14.4 Å². The SMILES string of the molecule is COC(=O)CCC(NC(=O)CNc1ccccc1)C(=O)O. The topological polar surface area (TPSA) is 105 Å². The lowest BCUT2D eigenvalue weighted by Gasteiger charge is -2.14. The van der Waals surface area contributed by atoms with E-state index in [0.717, 1.165) is 5.69 Å². The van der Waals surface area contributed by atoms with E-state index >= 15 is 0 Å². The van der Waals surface area contributed by atoms with Gasteiger partial charge in [-0.05, 0) is 18.6 Å². The summed E-state index contributed by atoms with van der Waals surface area (Å²) < 4.78 is 4.43. The van der Waals surface area contributed by atoms with Crippen LogP contribution >= 0.6 is 0 Å². The standard InChI is InChI=1S/C14H18N2O5/c1-21-13(18)8-7-11(14(19)20)16-12(17)9-15-10-5-3-2-4-6-10/h2-6,11,15H,7-9H2,1H3,(H,16,17)(H,19,20). The molecule has 0 saturated carbocycles. The molecule has 7 heteroatoms. The van der Waals surface area contributed by atoms with Gasteiger partial charge in [-0.3, -0.25) is 9.59 Å². The summed E-state index contributed by atoms with van der Waals surface area (Å²) in [6.45, 7) is -0.0496. The van der Waals surface area contributed by atoms with Crippen molar-refractivity contribution in [1.82, 2.24) is 5.32 Å². The normalized spacial score (nSPS) is 11.3. The van der Waals surface area contributed by atoms with Crippen LogP contribution in [0.15, 0.2) is 30.3 Å². The van der Waals surface area contributed by atoms with Gasteiger partial charge in [0.15, 0.2) is 0 Å². The van der Waals surface area contributed by atoms with Crippen molar-refractivity contribution in [3.63, 3.8) is 0 Å². The third-order valence-corrected chi connectivity index (χ3v) is 2.72. The van der Waals surface area contributed by atoms with E-state index in [0.29, 0.717) is 0 Å². The Labute approximate surface area is 122 Å². The molecular weight excluding hydrogens is 276 g/mol. The van der Waals surface area contributed by atoms with Crippen LogP contribution in [-0.4, -0.2) is 42.6 Å². The second kappa shape index (κ2) is 8.57. The number of esters is 1. The predicted molar refractivity (Wildman–Crippen MR) is 75.7 cm³/mol. The highest BCUT2D eigenvalue weighted by molar-refractivity contribution is 5.86. The van der Waals surface area contributed by atoms with Gasteiger partial charge in [-0.15, -0.1) is 0 Å². The maximum atomic E-state index is 11.7. The monoisotopic (exact) mass is 294 g/mol. The number of carbonyl (C=O) groups excluding carboxylic acids is 2. The molecule has 0 bridgehead atoms. The number of benzene rings is 1. The van der Waals surface area contributed by atoms with E-state index in [2.05, 4.69) is 15.4 Å². The van der Waals surface area contributed by atoms with Gasteiger partial charge < -0.3 is 20.5 Å². The molecular formula is C14H18N2O5. The summed E-state index contributed by atoms with van der Waals surface area (Å²) in [6, 6.07) is 7.94. The fourth-order valence-corrected chi connectivity index (χ4v) is 1.61. The van der Waals surface area contributed by atoms with E-state index in [4.69, 9.17) is 5.11 Å². The van der Waals surface area contributed by atoms with Crippen LogP contribution in [0.1, 0.15) is 12.8 Å². The Bertz CT molecular complexity index is 489. The zero-order valence-electron chi connectivity index (χ0n) is 11.7. The highest BCUT2D eigenvalue weighted by atomic mass is 16.5. The van der Waals surface area contributed by atoms with Gasteiger partial charge in [0.05, 0.1) is 13.7 Å². The number of anilines is 1. The summed E-state index contributed by atoms with van der Waals surface area (Å²) in [5.74, 6) is -2.17. The van der Waals surface area contributed by atoms with Crippen LogP contribution in [0.5, 0.6) is 0 Å². The number of amides is 1. The molecule has 1 unspecified atom stereocenters. The van der Waals surface area contributed by atoms with Crippen molar-refractivity contribution in [3.05, 3.63) is 30.3 Å². The number of hydrogen-bond acceptors (Lipinski definition) is 5. The third kappa shape index (κ3) is 6.42. The number of carboxylic acids is 1. The lowest BCUT2D eigenvalue weighted by Crippen LogP contribution is -2.43. The molecule has 0 aliphatic rings. The van der Waals surface area contributed by atoms with Crippen molar-refractivity contribution in [2.45, 2.75) is 18.9 Å². The summed E-state index contributed by atoms with van der Waals surface area (Å²) in [7, 11) is 1.22. The van der Waals surface area contributed by atoms with Crippen molar-refractivity contribution in [1.29, 1.82) is 0 Å². The molecule has 0 heterocycles. The van der Waals surface area contributed by atoms with Gasteiger partial charge in [0.2, 0.25) is 5.91 Å². The molecule has 0 saturated heterocycles. The van der Waals surface area contributed by atoms with Crippen molar-refractivity contribution in [2.24, 2.45) is 0 Å². The molecule has 0 aliphatic carbocycles. The molecule has 7 nitrogen and oxygen atoms in total. The van der Waals surface area contributed by atoms with Crippen LogP contribution in [-0.2, 0) is 19.1 Å². The Morgan fingerprint density at radius 1 is 1.24 bits per heavy atom. The van der Waals surface area contributed by atoms with Crippen LogP contribution in [0, 0.1) is 0 Å². The summed E-state index contributed by atoms with van der Waals surface area (Å²) in [6.07, 6.45) is -0.0844. The van der Waals surface area contributed by atoms with E-state index in [1.807, 2.05) is 18.2 Å². The fraction of sp³-hybridized carbons (Fsp3) is 0.357. The molecule has 1 atom stereocenters. The second-order valence-corrected chi connectivity index (χ2v) is 4.29. The maximum absolute atomic E-state index is 11.7. The average molecular weight is 294 g/mol. The van der Waals surface area contributed by atoms with Crippen LogP contribution in [0.2, 0.25) is 0 Å². The van der Waals surface area contributed by atoms with Gasteiger partial charge in [-0.1, -0.05) is 18.2 Å². The van der Waals surface area contributed by atoms with Gasteiger partial charge in [0.1, 0.15) is 6.04 Å². The molecule has 1 aromatic rings. The molecule has 0 aromatic heterocycles. The fourth-order valence-electron chi connectivity index (χ4n) is 1.61. The molecule has 3 N–H and O–H groups in total. The molecule has 1 aromatic carbocycles. The number of aliphatic carboxylic acids is 1. The zero-order valence-corrected chi connectivity index (χ0v) is 11.7. The van der Waals surface area contributed by atoms with E-state index in [1.165, 1.54) is 7.11 Å². The zero-order chi connectivity index (χ0) is 15.7. The number of carboxylic acid groups (broad SMARTS) is 1. The Morgan fingerprint density at radius 2 is 1.90 bits per heavy atom. The average Bonchev–Trinajstić information content (AvgIpc) is 2.49. The summed E-state index contributed by atoms with van der Waals surface area (Å²) in [5.41, 5.74) is 0.758. The Hall–Kier alpha value is -2.57. The number of methoxy groups -OCH3 is 1. The first-order valence-corrected chi connectivity index (χ1v) is 6.41. The highest BCUT2D eigenvalue weighted by Gasteiger charge is 2.20. The summed E-state index contributed by atoms with van der Waals surface area (Å²) in [5, 5.41) is 14.2. The van der Waals surface area contributed by atoms with Crippen LogP contribution in [0.4, 0.5) is 5.69 Å². The molecule has 1 amide bonds. The van der Waals surface area contributed by atoms with Crippen LogP contribution in [0.3, 0.4) is 0 Å². The first-order valence-electron chi connectivity index (χ1n) is 6.41. The number of carbonyl (C=O) groups is 3. The molecule has 1 rings (SSSR count). The van der Waals surface area contributed by atoms with Crippen LogP contribution in [0.25, 0.3) is 0 Å². The second-order valence-electron chi connectivity index (χ2n) is 4.29. The number of hydrogen-bond donors (Lipinski definition) is 3. The first kappa shape index (κ1) is 16.5.